The predicted octanol–water partition coefficient (Wildman–Crippen LogP) is 23.0. The van der Waals surface area contributed by atoms with Crippen LogP contribution in [0, 0.1) is 0 Å². The van der Waals surface area contributed by atoms with Gasteiger partial charge in [0.1, 0.15) is 0 Å². The molecule has 4 heteroatoms. The Bertz CT molecular complexity index is 4730. The molecule has 0 aliphatic rings. The average molecular weight is 1130 g/mol. The summed E-state index contributed by atoms with van der Waals surface area (Å²) in [6.07, 6.45) is 0. The van der Waals surface area contributed by atoms with Gasteiger partial charge in [0.05, 0.1) is 44.1 Å². The Balaban J connectivity index is 1.01. The van der Waals surface area contributed by atoms with E-state index >= 15 is 0 Å². The van der Waals surface area contributed by atoms with Crippen molar-refractivity contribution in [1.82, 2.24) is 18.3 Å². The molecule has 432 valence electrons. The largest absolute Gasteiger partial charge is 0.309 e. The van der Waals surface area contributed by atoms with Gasteiger partial charge in [0, 0.05) is 65.8 Å². The Kier molecular flexibility index (Phi) is 12.0. The van der Waals surface area contributed by atoms with Crippen molar-refractivity contribution >= 4 is 98.0 Å². The van der Waals surface area contributed by atoms with Crippen LogP contribution in [0.3, 0.4) is 0 Å². The zero-order valence-electron chi connectivity index (χ0n) is 54.1. The SMILES string of the molecule is CC(C)(C)c1ccc2c(c1)c1cc(C(C)(C)C)ccc1n2-c1ccc2cc(-n3c4cc(-n5c6ccc(C(C)(C)C)cc6c6cc(C(C)(C)C)ccc65)ccc4c4ccc(-n5c6ccc(C(C)(C)C)cc6c6cc(C(C)(C)C)ccc65)cc43)ccc2c1. The average Bonchev–Trinajstić information content (AvgIpc) is 2.22. The zero-order chi connectivity index (χ0) is 60.7. The number of hydrogen-bond acceptors (Lipinski definition) is 0. The van der Waals surface area contributed by atoms with Crippen LogP contribution in [0.15, 0.2) is 182 Å². The lowest BCUT2D eigenvalue weighted by atomic mass is 9.85. The van der Waals surface area contributed by atoms with E-state index in [1.807, 2.05) is 0 Å². The third-order valence-electron chi connectivity index (χ3n) is 19.1. The zero-order valence-corrected chi connectivity index (χ0v) is 54.1. The van der Waals surface area contributed by atoms with Gasteiger partial charge in [-0.2, -0.15) is 0 Å². The van der Waals surface area contributed by atoms with Crippen LogP contribution in [0.5, 0.6) is 0 Å². The molecule has 0 unspecified atom stereocenters. The molecule has 4 heterocycles. The van der Waals surface area contributed by atoms with Crippen LogP contribution in [-0.4, -0.2) is 18.3 Å². The molecule has 0 aliphatic heterocycles. The van der Waals surface area contributed by atoms with E-state index in [-0.39, 0.29) is 32.5 Å². The minimum Gasteiger partial charge on any atom is -0.309 e. The van der Waals surface area contributed by atoms with Crippen molar-refractivity contribution in [3.63, 3.8) is 0 Å². The predicted molar refractivity (Wildman–Crippen MR) is 374 cm³/mol. The van der Waals surface area contributed by atoms with E-state index in [9.17, 15) is 0 Å². The van der Waals surface area contributed by atoms with E-state index in [1.165, 1.54) is 131 Å². The highest BCUT2D eigenvalue weighted by molar-refractivity contribution is 6.15. The first-order valence-electron chi connectivity index (χ1n) is 31.3. The van der Waals surface area contributed by atoms with Gasteiger partial charge in [-0.05, 0) is 198 Å². The van der Waals surface area contributed by atoms with Crippen LogP contribution in [0.4, 0.5) is 0 Å². The highest BCUT2D eigenvalue weighted by atomic mass is 15.0. The molecular formula is C82H84N4. The molecule has 0 N–H and O–H groups in total. The van der Waals surface area contributed by atoms with E-state index < -0.39 is 0 Å². The summed E-state index contributed by atoms with van der Waals surface area (Å²) in [5, 5.41) is 12.6. The van der Waals surface area contributed by atoms with Crippen LogP contribution in [0.1, 0.15) is 158 Å². The molecule has 0 aliphatic carbocycles. The van der Waals surface area contributed by atoms with Gasteiger partial charge in [0.15, 0.2) is 0 Å². The van der Waals surface area contributed by atoms with Crippen LogP contribution in [0.25, 0.3) is 121 Å². The summed E-state index contributed by atoms with van der Waals surface area (Å²) >= 11 is 0. The van der Waals surface area contributed by atoms with Crippen LogP contribution >= 0.6 is 0 Å². The van der Waals surface area contributed by atoms with Gasteiger partial charge in [-0.1, -0.05) is 185 Å². The summed E-state index contributed by atoms with van der Waals surface area (Å²) < 4.78 is 10.1. The van der Waals surface area contributed by atoms with Gasteiger partial charge < -0.3 is 18.3 Å². The monoisotopic (exact) mass is 1120 g/mol. The van der Waals surface area contributed by atoms with Gasteiger partial charge in [-0.3, -0.25) is 0 Å². The molecule has 0 bridgehead atoms. The molecule has 0 saturated heterocycles. The normalized spacial score (nSPS) is 13.5. The fourth-order valence-corrected chi connectivity index (χ4v) is 13.8. The Morgan fingerprint density at radius 3 is 0.593 bits per heavy atom. The van der Waals surface area contributed by atoms with E-state index in [2.05, 4.69) is 325 Å². The highest BCUT2D eigenvalue weighted by Gasteiger charge is 2.27. The lowest BCUT2D eigenvalue weighted by Gasteiger charge is -2.19. The molecule has 4 nitrogen and oxygen atoms in total. The molecule has 10 aromatic carbocycles. The summed E-state index contributed by atoms with van der Waals surface area (Å²) in [5.74, 6) is 0. The van der Waals surface area contributed by atoms with Crippen molar-refractivity contribution in [3.05, 3.63) is 215 Å². The first kappa shape index (κ1) is 55.5. The maximum absolute atomic E-state index is 2.55. The third-order valence-corrected chi connectivity index (χ3v) is 19.1. The van der Waals surface area contributed by atoms with Crippen LogP contribution < -0.4 is 0 Å². The third kappa shape index (κ3) is 8.90. The number of rotatable bonds is 4. The van der Waals surface area contributed by atoms with Crippen molar-refractivity contribution in [3.8, 4) is 22.7 Å². The molecule has 0 atom stereocenters. The van der Waals surface area contributed by atoms with Crippen molar-refractivity contribution in [2.45, 2.75) is 157 Å². The number of fused-ring (bicyclic) bond motifs is 13. The van der Waals surface area contributed by atoms with Gasteiger partial charge in [-0.15, -0.1) is 0 Å². The van der Waals surface area contributed by atoms with E-state index in [0.717, 1.165) is 22.7 Å². The molecule has 0 spiro atoms. The van der Waals surface area contributed by atoms with Gasteiger partial charge >= 0.3 is 0 Å². The molecule has 0 amide bonds. The summed E-state index contributed by atoms with van der Waals surface area (Å²) in [6, 6.07) is 71.4. The quantitative estimate of drug-likeness (QED) is 0.167. The Hall–Kier alpha value is -8.34. The lowest BCUT2D eigenvalue weighted by molar-refractivity contribution is 0.590. The van der Waals surface area contributed by atoms with Crippen molar-refractivity contribution < 1.29 is 0 Å². The fraction of sp³-hybridized carbons (Fsp3) is 0.293. The standard InChI is InChI=1S/C82H84N4/c1-77(2,3)51-21-33-69-63(41-51)64-42-52(78(4,5)6)22-34-70(64)83(69)57-27-19-50-40-58(28-20-49(50)39-57)86-75-47-59(84-71-35-23-53(79(7,8)9)43-65(71)66-44-54(80(10,11)12)24-36-72(66)84)29-31-61(75)62-32-30-60(48-76(62)86)85-73-37-25-55(81(13,14)15)45-67(73)68-46-56(82(16,17)18)26-38-74(68)85/h19-48H,1-18H3. The van der Waals surface area contributed by atoms with E-state index in [4.69, 9.17) is 0 Å². The molecule has 0 saturated carbocycles. The minimum absolute atomic E-state index is 0.00627. The number of hydrogen-bond donors (Lipinski definition) is 0. The number of aromatic nitrogens is 4. The molecule has 14 aromatic rings. The Morgan fingerprint density at radius 2 is 0.372 bits per heavy atom. The van der Waals surface area contributed by atoms with Gasteiger partial charge in [0.25, 0.3) is 0 Å². The van der Waals surface area contributed by atoms with Crippen LogP contribution in [0.2, 0.25) is 0 Å². The smallest absolute Gasteiger partial charge is 0.0561 e. The van der Waals surface area contributed by atoms with Crippen molar-refractivity contribution in [2.75, 3.05) is 0 Å². The molecule has 0 radical (unpaired) electrons. The molecular weight excluding hydrogens is 1040 g/mol. The fourth-order valence-electron chi connectivity index (χ4n) is 13.8. The maximum Gasteiger partial charge on any atom is 0.0561 e. The first-order valence-corrected chi connectivity index (χ1v) is 31.3. The van der Waals surface area contributed by atoms with E-state index in [0.29, 0.717) is 0 Å². The Morgan fingerprint density at radius 1 is 0.174 bits per heavy atom. The van der Waals surface area contributed by atoms with Crippen LogP contribution in [-0.2, 0) is 32.5 Å². The highest BCUT2D eigenvalue weighted by Crippen LogP contribution is 2.44. The lowest BCUT2D eigenvalue weighted by Crippen LogP contribution is -2.10. The summed E-state index contributed by atoms with van der Waals surface area (Å²) in [7, 11) is 0. The molecule has 0 fully saturated rings. The van der Waals surface area contributed by atoms with Crippen molar-refractivity contribution in [2.24, 2.45) is 0 Å². The van der Waals surface area contributed by atoms with Gasteiger partial charge in [-0.25, -0.2) is 0 Å². The molecule has 14 rings (SSSR count). The topological polar surface area (TPSA) is 19.7 Å². The molecule has 86 heavy (non-hydrogen) atoms. The number of benzene rings is 10. The van der Waals surface area contributed by atoms with Gasteiger partial charge in [0.2, 0.25) is 0 Å². The van der Waals surface area contributed by atoms with E-state index in [1.54, 1.807) is 0 Å². The maximum atomic E-state index is 2.55. The number of nitrogens with zero attached hydrogens (tertiary/aromatic N) is 4. The summed E-state index contributed by atoms with van der Waals surface area (Å²) in [6.45, 7) is 41.7. The van der Waals surface area contributed by atoms with Crippen molar-refractivity contribution in [1.29, 1.82) is 0 Å². The summed E-state index contributed by atoms with van der Waals surface area (Å²) in [4.78, 5) is 0. The minimum atomic E-state index is 0.00627. The second kappa shape index (κ2) is 18.6. The second-order valence-corrected chi connectivity index (χ2v) is 31.4. The second-order valence-electron chi connectivity index (χ2n) is 31.4. The summed E-state index contributed by atoms with van der Waals surface area (Å²) in [5.41, 5.74) is 22.4. The Labute approximate surface area is 508 Å². The molecule has 4 aromatic heterocycles. The first-order chi connectivity index (χ1) is 40.4.